The van der Waals surface area contributed by atoms with E-state index in [4.69, 9.17) is 5.73 Å². The molecule has 3 nitrogen and oxygen atoms in total. The maximum absolute atomic E-state index is 13.3. The van der Waals surface area contributed by atoms with Gasteiger partial charge in [0.1, 0.15) is 16.5 Å². The third-order valence-corrected chi connectivity index (χ3v) is 4.15. The van der Waals surface area contributed by atoms with Gasteiger partial charge in [-0.25, -0.2) is 17.2 Å². The highest BCUT2D eigenvalue weighted by Crippen LogP contribution is 2.18. The Balaban J connectivity index is 2.79. The van der Waals surface area contributed by atoms with Crippen molar-refractivity contribution in [3.05, 3.63) is 29.8 Å². The summed E-state index contributed by atoms with van der Waals surface area (Å²) in [5, 5.41) is 0. The molecule has 0 atom stereocenters. The van der Waals surface area contributed by atoms with Gasteiger partial charge in [-0.1, -0.05) is 6.42 Å². The van der Waals surface area contributed by atoms with Crippen LogP contribution in [0.5, 0.6) is 0 Å². The van der Waals surface area contributed by atoms with Gasteiger partial charge in [0.25, 0.3) is 0 Å². The second-order valence-corrected chi connectivity index (χ2v) is 5.82. The number of unbranched alkanes of at least 4 members (excludes halogenated alkanes) is 2. The standard InChI is InChI=1S/C11H15F2NO2S/c12-9-4-5-10(13)11(8-9)17(15,16)7-3-1-2-6-14/h4-5,8H,1-3,6-7,14H2. The van der Waals surface area contributed by atoms with Crippen molar-refractivity contribution < 1.29 is 17.2 Å². The van der Waals surface area contributed by atoms with E-state index in [1.807, 2.05) is 0 Å². The lowest BCUT2D eigenvalue weighted by Crippen LogP contribution is -2.10. The van der Waals surface area contributed by atoms with Crippen molar-refractivity contribution in [3.63, 3.8) is 0 Å². The fourth-order valence-electron chi connectivity index (χ4n) is 1.44. The zero-order valence-corrected chi connectivity index (χ0v) is 10.1. The Kier molecular flexibility index (Phi) is 5.02. The molecule has 1 aromatic carbocycles. The van der Waals surface area contributed by atoms with Crippen LogP contribution < -0.4 is 5.73 Å². The van der Waals surface area contributed by atoms with Gasteiger partial charge in [-0.15, -0.1) is 0 Å². The third kappa shape index (κ3) is 4.05. The average molecular weight is 263 g/mol. The summed E-state index contributed by atoms with van der Waals surface area (Å²) in [6, 6.07) is 2.43. The van der Waals surface area contributed by atoms with Crippen LogP contribution in [-0.2, 0) is 9.84 Å². The second kappa shape index (κ2) is 6.07. The molecular formula is C11H15F2NO2S. The molecule has 2 N–H and O–H groups in total. The van der Waals surface area contributed by atoms with Gasteiger partial charge in [-0.2, -0.15) is 0 Å². The van der Waals surface area contributed by atoms with Crippen LogP contribution in [0.25, 0.3) is 0 Å². The molecule has 96 valence electrons. The predicted octanol–water partition coefficient (Wildman–Crippen LogP) is 1.87. The molecule has 0 aliphatic heterocycles. The molecule has 6 heteroatoms. The molecule has 0 amide bonds. The van der Waals surface area contributed by atoms with Crippen molar-refractivity contribution in [2.75, 3.05) is 12.3 Å². The highest BCUT2D eigenvalue weighted by atomic mass is 32.2. The van der Waals surface area contributed by atoms with E-state index in [2.05, 4.69) is 0 Å². The number of halogens is 2. The summed E-state index contributed by atoms with van der Waals surface area (Å²) < 4.78 is 49.6. The Morgan fingerprint density at radius 2 is 1.82 bits per heavy atom. The molecule has 0 aliphatic rings. The molecule has 0 heterocycles. The first-order valence-electron chi connectivity index (χ1n) is 5.35. The second-order valence-electron chi connectivity index (χ2n) is 3.74. The number of hydrogen-bond acceptors (Lipinski definition) is 3. The van der Waals surface area contributed by atoms with E-state index in [0.717, 1.165) is 18.6 Å². The van der Waals surface area contributed by atoms with Gasteiger partial charge in [0.2, 0.25) is 0 Å². The lowest BCUT2D eigenvalue weighted by molar-refractivity contribution is 0.551. The molecule has 0 aromatic heterocycles. The van der Waals surface area contributed by atoms with Crippen LogP contribution in [0, 0.1) is 11.6 Å². The summed E-state index contributed by atoms with van der Waals surface area (Å²) in [5.74, 6) is -1.86. The van der Waals surface area contributed by atoms with E-state index >= 15 is 0 Å². The first-order valence-corrected chi connectivity index (χ1v) is 7.00. The van der Waals surface area contributed by atoms with Gasteiger partial charge in [0, 0.05) is 0 Å². The van der Waals surface area contributed by atoms with Crippen LogP contribution >= 0.6 is 0 Å². The average Bonchev–Trinajstić information content (AvgIpc) is 2.28. The first kappa shape index (κ1) is 14.1. The summed E-state index contributed by atoms with van der Waals surface area (Å²) in [7, 11) is -3.75. The summed E-state index contributed by atoms with van der Waals surface area (Å²) in [5.41, 5.74) is 5.27. The summed E-state index contributed by atoms with van der Waals surface area (Å²) in [4.78, 5) is -0.565. The molecule has 17 heavy (non-hydrogen) atoms. The molecule has 0 saturated heterocycles. The molecule has 0 saturated carbocycles. The largest absolute Gasteiger partial charge is 0.330 e. The molecular weight excluding hydrogens is 248 g/mol. The van der Waals surface area contributed by atoms with Crippen molar-refractivity contribution in [1.29, 1.82) is 0 Å². The van der Waals surface area contributed by atoms with Crippen LogP contribution in [0.2, 0.25) is 0 Å². The molecule has 0 bridgehead atoms. The Hall–Kier alpha value is -1.01. The third-order valence-electron chi connectivity index (χ3n) is 2.35. The normalized spacial score (nSPS) is 11.7. The lowest BCUT2D eigenvalue weighted by Gasteiger charge is -2.05. The van der Waals surface area contributed by atoms with E-state index in [-0.39, 0.29) is 5.75 Å². The monoisotopic (exact) mass is 263 g/mol. The van der Waals surface area contributed by atoms with Crippen molar-refractivity contribution >= 4 is 9.84 Å². The number of nitrogens with two attached hydrogens (primary N) is 1. The van der Waals surface area contributed by atoms with Gasteiger partial charge in [0.15, 0.2) is 9.84 Å². The van der Waals surface area contributed by atoms with Gasteiger partial charge in [-0.3, -0.25) is 0 Å². The maximum Gasteiger partial charge on any atom is 0.181 e. The quantitative estimate of drug-likeness (QED) is 0.797. The fourth-order valence-corrected chi connectivity index (χ4v) is 2.90. The minimum atomic E-state index is -3.75. The van der Waals surface area contributed by atoms with E-state index in [1.54, 1.807) is 0 Å². The topological polar surface area (TPSA) is 60.2 Å². The zero-order chi connectivity index (χ0) is 12.9. The van der Waals surface area contributed by atoms with Crippen molar-refractivity contribution in [2.24, 2.45) is 5.73 Å². The van der Waals surface area contributed by atoms with Crippen molar-refractivity contribution in [1.82, 2.24) is 0 Å². The van der Waals surface area contributed by atoms with Crippen LogP contribution in [0.15, 0.2) is 23.1 Å². The van der Waals surface area contributed by atoms with Gasteiger partial charge >= 0.3 is 0 Å². The fraction of sp³-hybridized carbons (Fsp3) is 0.455. The number of benzene rings is 1. The van der Waals surface area contributed by atoms with Crippen LogP contribution in [-0.4, -0.2) is 20.7 Å². The Bertz CT molecular complexity index is 474. The molecule has 0 unspecified atom stereocenters. The van der Waals surface area contributed by atoms with Gasteiger partial charge in [-0.05, 0) is 37.6 Å². The maximum atomic E-state index is 13.3. The van der Waals surface area contributed by atoms with Crippen molar-refractivity contribution in [3.8, 4) is 0 Å². The van der Waals surface area contributed by atoms with Gasteiger partial charge < -0.3 is 5.73 Å². The minimum Gasteiger partial charge on any atom is -0.330 e. The van der Waals surface area contributed by atoms with Gasteiger partial charge in [0.05, 0.1) is 5.75 Å². The minimum absolute atomic E-state index is 0.187. The molecule has 0 fully saturated rings. The van der Waals surface area contributed by atoms with Crippen LogP contribution in [0.3, 0.4) is 0 Å². The molecule has 0 spiro atoms. The Labute approximate surface area is 99.6 Å². The van der Waals surface area contributed by atoms with Crippen molar-refractivity contribution in [2.45, 2.75) is 24.2 Å². The summed E-state index contributed by atoms with van der Waals surface area (Å²) in [6.45, 7) is 0.494. The Morgan fingerprint density at radius 3 is 2.47 bits per heavy atom. The van der Waals surface area contributed by atoms with Crippen LogP contribution in [0.4, 0.5) is 8.78 Å². The van der Waals surface area contributed by atoms with Crippen LogP contribution in [0.1, 0.15) is 19.3 Å². The smallest absolute Gasteiger partial charge is 0.181 e. The number of rotatable bonds is 6. The number of hydrogen-bond donors (Lipinski definition) is 1. The SMILES string of the molecule is NCCCCCS(=O)(=O)c1cc(F)ccc1F. The van der Waals surface area contributed by atoms with E-state index < -0.39 is 26.4 Å². The number of sulfone groups is 1. The molecule has 1 aromatic rings. The summed E-state index contributed by atoms with van der Waals surface area (Å²) in [6.07, 6.45) is 1.78. The van der Waals surface area contributed by atoms with E-state index in [9.17, 15) is 17.2 Å². The summed E-state index contributed by atoms with van der Waals surface area (Å²) >= 11 is 0. The molecule has 0 aliphatic carbocycles. The van der Waals surface area contributed by atoms with E-state index in [0.29, 0.717) is 25.5 Å². The molecule has 1 rings (SSSR count). The predicted molar refractivity (Wildman–Crippen MR) is 61.3 cm³/mol. The highest BCUT2D eigenvalue weighted by molar-refractivity contribution is 7.91. The Morgan fingerprint density at radius 1 is 1.12 bits per heavy atom. The molecule has 0 radical (unpaired) electrons. The lowest BCUT2D eigenvalue weighted by atomic mass is 10.2. The zero-order valence-electron chi connectivity index (χ0n) is 9.33. The first-order chi connectivity index (χ1) is 7.97. The highest BCUT2D eigenvalue weighted by Gasteiger charge is 2.19. The van der Waals surface area contributed by atoms with E-state index in [1.165, 1.54) is 0 Å².